The number of carboxylic acids is 1. The van der Waals surface area contributed by atoms with Gasteiger partial charge in [0.05, 0.1) is 6.42 Å². The number of carboxylic acid groups (broad SMARTS) is 1. The largest absolute Gasteiger partial charge is 0.480 e. The van der Waals surface area contributed by atoms with Crippen LogP contribution in [0.4, 0.5) is 10.5 Å². The Morgan fingerprint density at radius 3 is 2.09 bits per heavy atom. The van der Waals surface area contributed by atoms with Crippen molar-refractivity contribution in [2.45, 2.75) is 23.3 Å². The van der Waals surface area contributed by atoms with Gasteiger partial charge in [-0.2, -0.15) is 8.42 Å². The van der Waals surface area contributed by atoms with Crippen LogP contribution in [-0.2, 0) is 24.4 Å². The van der Waals surface area contributed by atoms with Crippen LogP contribution in [0.2, 0.25) is 0 Å². The molecular formula is C31H29N3O8S. The number of fused-ring (bicyclic) bond motifs is 4. The van der Waals surface area contributed by atoms with Crippen molar-refractivity contribution in [3.05, 3.63) is 96.1 Å². The van der Waals surface area contributed by atoms with E-state index in [-0.39, 0.29) is 30.5 Å². The summed E-state index contributed by atoms with van der Waals surface area (Å²) in [5.74, 6) is -2.18. The highest BCUT2D eigenvalue weighted by Crippen LogP contribution is 2.44. The summed E-state index contributed by atoms with van der Waals surface area (Å²) in [7, 11) is -4.41. The molecule has 0 saturated carbocycles. The first-order chi connectivity index (χ1) is 20.6. The number of amides is 2. The molecule has 0 bridgehead atoms. The number of carbonyl (C=O) groups excluding carboxylic acids is 2. The van der Waals surface area contributed by atoms with E-state index < -0.39 is 40.6 Å². The summed E-state index contributed by atoms with van der Waals surface area (Å²) >= 11 is 0. The van der Waals surface area contributed by atoms with Crippen LogP contribution in [0.3, 0.4) is 0 Å². The maximum atomic E-state index is 12.5. The molecule has 0 aliphatic heterocycles. The molecule has 1 aliphatic carbocycles. The second kappa shape index (κ2) is 12.5. The number of hydrogen-bond acceptors (Lipinski definition) is 7. The van der Waals surface area contributed by atoms with Gasteiger partial charge in [0.2, 0.25) is 5.91 Å². The summed E-state index contributed by atoms with van der Waals surface area (Å²) in [4.78, 5) is 36.6. The number of alkyl carbamates (subject to hydrolysis) is 1. The van der Waals surface area contributed by atoms with Crippen LogP contribution in [0.1, 0.15) is 23.5 Å². The van der Waals surface area contributed by atoms with Gasteiger partial charge in [-0.25, -0.2) is 9.59 Å². The number of ether oxygens (including phenoxy) is 1. The first-order valence-electron chi connectivity index (χ1n) is 13.5. The maximum absolute atomic E-state index is 12.5. The number of nitrogens with one attached hydrogen (secondary N) is 3. The van der Waals surface area contributed by atoms with Crippen molar-refractivity contribution in [1.82, 2.24) is 10.6 Å². The fourth-order valence-electron chi connectivity index (χ4n) is 5.30. The summed E-state index contributed by atoms with van der Waals surface area (Å²) < 4.78 is 38.3. The lowest BCUT2D eigenvalue weighted by Crippen LogP contribution is -2.45. The van der Waals surface area contributed by atoms with Crippen molar-refractivity contribution in [1.29, 1.82) is 0 Å². The van der Waals surface area contributed by atoms with Crippen LogP contribution < -0.4 is 16.0 Å². The van der Waals surface area contributed by atoms with Gasteiger partial charge < -0.3 is 25.8 Å². The van der Waals surface area contributed by atoms with Crippen LogP contribution in [0.25, 0.3) is 21.9 Å². The van der Waals surface area contributed by atoms with E-state index in [4.69, 9.17) is 4.74 Å². The first-order valence-corrected chi connectivity index (χ1v) is 14.9. The molecule has 0 aromatic heterocycles. The Morgan fingerprint density at radius 1 is 0.814 bits per heavy atom. The molecule has 43 heavy (non-hydrogen) atoms. The molecule has 222 valence electrons. The third-order valence-electron chi connectivity index (χ3n) is 7.25. The molecule has 0 fully saturated rings. The van der Waals surface area contributed by atoms with E-state index in [0.29, 0.717) is 16.5 Å². The Hall–Kier alpha value is -4.94. The van der Waals surface area contributed by atoms with Gasteiger partial charge in [0.15, 0.2) is 0 Å². The van der Waals surface area contributed by atoms with E-state index in [2.05, 4.69) is 16.0 Å². The number of aliphatic carboxylic acids is 1. The lowest BCUT2D eigenvalue weighted by molar-refractivity contribution is -0.141. The minimum Gasteiger partial charge on any atom is -0.480 e. The van der Waals surface area contributed by atoms with Gasteiger partial charge in [0.1, 0.15) is 17.5 Å². The zero-order valence-electron chi connectivity index (χ0n) is 22.8. The molecule has 12 heteroatoms. The summed E-state index contributed by atoms with van der Waals surface area (Å²) in [5.41, 5.74) is 4.73. The van der Waals surface area contributed by atoms with Gasteiger partial charge in [-0.05, 0) is 34.4 Å². The number of benzene rings is 4. The summed E-state index contributed by atoms with van der Waals surface area (Å²) in [6.45, 7) is 0.354. The first kappa shape index (κ1) is 29.5. The fraction of sp³-hybridized carbons (Fsp3) is 0.194. The fourth-order valence-corrected chi connectivity index (χ4v) is 6.01. The van der Waals surface area contributed by atoms with Gasteiger partial charge in [0.25, 0.3) is 10.1 Å². The predicted octanol–water partition coefficient (Wildman–Crippen LogP) is 4.00. The van der Waals surface area contributed by atoms with Crippen molar-refractivity contribution in [2.24, 2.45) is 0 Å². The molecular weight excluding hydrogens is 574 g/mol. The van der Waals surface area contributed by atoms with Gasteiger partial charge in [-0.15, -0.1) is 0 Å². The van der Waals surface area contributed by atoms with Crippen LogP contribution in [0.5, 0.6) is 0 Å². The molecule has 0 saturated heterocycles. The quantitative estimate of drug-likeness (QED) is 0.126. The van der Waals surface area contributed by atoms with E-state index in [1.807, 2.05) is 48.5 Å². The molecule has 0 heterocycles. The Bertz CT molecular complexity index is 1760. The zero-order valence-corrected chi connectivity index (χ0v) is 23.6. The van der Waals surface area contributed by atoms with Gasteiger partial charge in [-0.1, -0.05) is 72.8 Å². The van der Waals surface area contributed by atoms with E-state index in [1.165, 1.54) is 12.1 Å². The Kier molecular flexibility index (Phi) is 8.60. The smallest absolute Gasteiger partial charge is 0.407 e. The molecule has 0 spiro atoms. The molecule has 5 N–H and O–H groups in total. The van der Waals surface area contributed by atoms with E-state index in [9.17, 15) is 32.5 Å². The number of carbonyl (C=O) groups is 3. The van der Waals surface area contributed by atoms with Gasteiger partial charge in [-0.3, -0.25) is 9.35 Å². The summed E-state index contributed by atoms with van der Waals surface area (Å²) in [6, 6.07) is 23.6. The zero-order chi connectivity index (χ0) is 30.6. The van der Waals surface area contributed by atoms with Gasteiger partial charge >= 0.3 is 12.1 Å². The molecule has 5 rings (SSSR count). The highest BCUT2D eigenvalue weighted by molar-refractivity contribution is 7.86. The van der Waals surface area contributed by atoms with Crippen LogP contribution in [-0.4, -0.2) is 61.8 Å². The van der Waals surface area contributed by atoms with Crippen molar-refractivity contribution < 1.29 is 37.2 Å². The summed E-state index contributed by atoms with van der Waals surface area (Å²) in [6.07, 6.45) is -1.45. The summed E-state index contributed by atoms with van der Waals surface area (Å²) in [5, 5.41) is 18.4. The SMILES string of the molecule is O=C(C[C@H](NC(=O)OCC1c2ccccc2-c2ccccc21)C(=O)O)NCCNc1cccc2c(S(=O)(=O)O)cccc12. The van der Waals surface area contributed by atoms with Gasteiger partial charge in [0, 0.05) is 35.5 Å². The van der Waals surface area contributed by atoms with Crippen molar-refractivity contribution in [3.63, 3.8) is 0 Å². The van der Waals surface area contributed by atoms with Crippen LogP contribution in [0, 0.1) is 0 Å². The molecule has 1 atom stereocenters. The van der Waals surface area contributed by atoms with Crippen LogP contribution >= 0.6 is 0 Å². The molecule has 4 aromatic carbocycles. The van der Waals surface area contributed by atoms with E-state index in [0.717, 1.165) is 22.3 Å². The Labute approximate surface area is 247 Å². The second-order valence-electron chi connectivity index (χ2n) is 9.97. The third kappa shape index (κ3) is 6.60. The molecule has 11 nitrogen and oxygen atoms in total. The van der Waals surface area contributed by atoms with Crippen molar-refractivity contribution >= 4 is 44.5 Å². The topological polar surface area (TPSA) is 171 Å². The van der Waals surface area contributed by atoms with E-state index in [1.54, 1.807) is 24.3 Å². The normalized spacial score (nSPS) is 13.0. The highest BCUT2D eigenvalue weighted by atomic mass is 32.2. The molecule has 4 aromatic rings. The monoisotopic (exact) mass is 603 g/mol. The number of hydrogen-bond donors (Lipinski definition) is 5. The minimum atomic E-state index is -4.41. The lowest BCUT2D eigenvalue weighted by Gasteiger charge is -2.17. The Balaban J connectivity index is 1.12. The Morgan fingerprint density at radius 2 is 1.44 bits per heavy atom. The minimum absolute atomic E-state index is 0.00393. The molecule has 0 unspecified atom stereocenters. The second-order valence-corrected chi connectivity index (χ2v) is 11.4. The average molecular weight is 604 g/mol. The molecule has 2 amide bonds. The van der Waals surface area contributed by atoms with Crippen LogP contribution in [0.15, 0.2) is 89.8 Å². The maximum Gasteiger partial charge on any atom is 0.407 e. The lowest BCUT2D eigenvalue weighted by atomic mass is 9.98. The number of rotatable bonds is 11. The molecule has 1 aliphatic rings. The standard InChI is InChI=1S/C31H29N3O8S/c35-29(33-16-15-32-26-13-5-12-24-23(26)11-6-14-28(24)43(39,40)41)17-27(30(36)37)34-31(38)42-18-25-21-9-3-1-7-19(21)20-8-2-4-10-22(20)25/h1-14,25,27,32H,15-18H2,(H,33,35)(H,34,38)(H,36,37)(H,39,40,41)/t27-/m0/s1. The van der Waals surface area contributed by atoms with Crippen molar-refractivity contribution in [3.8, 4) is 11.1 Å². The molecule has 0 radical (unpaired) electrons. The average Bonchev–Trinajstić information content (AvgIpc) is 3.30. The number of anilines is 1. The highest BCUT2D eigenvalue weighted by Gasteiger charge is 2.30. The predicted molar refractivity (Wildman–Crippen MR) is 160 cm³/mol. The van der Waals surface area contributed by atoms with Crippen molar-refractivity contribution in [2.75, 3.05) is 25.0 Å². The third-order valence-corrected chi connectivity index (χ3v) is 8.16. The van der Waals surface area contributed by atoms with E-state index >= 15 is 0 Å².